The van der Waals surface area contributed by atoms with Crippen LogP contribution >= 0.6 is 0 Å². The Morgan fingerprint density at radius 2 is 2.23 bits per heavy atom. The minimum atomic E-state index is -0.0101. The minimum absolute atomic E-state index is 0.0101. The summed E-state index contributed by atoms with van der Waals surface area (Å²) < 4.78 is 0. The molecule has 1 rings (SSSR count). The SMILES string of the molecule is CCCN1CCC(C)NC(C)C1=O. The fourth-order valence-electron chi connectivity index (χ4n) is 1.81. The Bertz CT molecular complexity index is 182. The topological polar surface area (TPSA) is 32.3 Å². The lowest BCUT2D eigenvalue weighted by Gasteiger charge is -2.21. The highest BCUT2D eigenvalue weighted by atomic mass is 16.2. The molecular formula is C10H20N2O. The predicted molar refractivity (Wildman–Crippen MR) is 53.5 cm³/mol. The van der Waals surface area contributed by atoms with E-state index in [9.17, 15) is 4.79 Å². The molecule has 1 saturated heterocycles. The minimum Gasteiger partial charge on any atom is -0.341 e. The molecule has 1 amide bonds. The van der Waals surface area contributed by atoms with E-state index in [4.69, 9.17) is 0 Å². The highest BCUT2D eigenvalue weighted by molar-refractivity contribution is 5.81. The first-order chi connectivity index (χ1) is 6.15. The summed E-state index contributed by atoms with van der Waals surface area (Å²) in [5.74, 6) is 0.256. The number of nitrogens with one attached hydrogen (secondary N) is 1. The van der Waals surface area contributed by atoms with Crippen molar-refractivity contribution in [3.63, 3.8) is 0 Å². The molecule has 2 atom stereocenters. The van der Waals surface area contributed by atoms with Crippen LogP contribution in [0.4, 0.5) is 0 Å². The highest BCUT2D eigenvalue weighted by Crippen LogP contribution is 2.07. The smallest absolute Gasteiger partial charge is 0.239 e. The predicted octanol–water partition coefficient (Wildman–Crippen LogP) is 0.995. The lowest BCUT2D eigenvalue weighted by Crippen LogP contribution is -2.43. The summed E-state index contributed by atoms with van der Waals surface area (Å²) in [5.41, 5.74) is 0. The molecule has 3 nitrogen and oxygen atoms in total. The quantitative estimate of drug-likeness (QED) is 0.694. The molecule has 0 radical (unpaired) electrons. The number of hydrogen-bond donors (Lipinski definition) is 1. The van der Waals surface area contributed by atoms with Crippen LogP contribution in [0.25, 0.3) is 0 Å². The average molecular weight is 184 g/mol. The van der Waals surface area contributed by atoms with E-state index in [1.165, 1.54) is 0 Å². The van der Waals surface area contributed by atoms with E-state index < -0.39 is 0 Å². The third-order valence-corrected chi connectivity index (χ3v) is 2.54. The number of amides is 1. The van der Waals surface area contributed by atoms with Crippen LogP contribution in [0.2, 0.25) is 0 Å². The molecule has 1 fully saturated rings. The Hall–Kier alpha value is -0.570. The molecule has 13 heavy (non-hydrogen) atoms. The third-order valence-electron chi connectivity index (χ3n) is 2.54. The first kappa shape index (κ1) is 10.5. The van der Waals surface area contributed by atoms with E-state index in [0.717, 1.165) is 25.9 Å². The molecule has 0 bridgehead atoms. The zero-order valence-electron chi connectivity index (χ0n) is 8.84. The van der Waals surface area contributed by atoms with Crippen molar-refractivity contribution in [1.29, 1.82) is 0 Å². The van der Waals surface area contributed by atoms with Crippen LogP contribution in [0.5, 0.6) is 0 Å². The molecule has 0 saturated carbocycles. The Morgan fingerprint density at radius 1 is 1.54 bits per heavy atom. The summed E-state index contributed by atoms with van der Waals surface area (Å²) in [7, 11) is 0. The lowest BCUT2D eigenvalue weighted by atomic mass is 10.2. The summed E-state index contributed by atoms with van der Waals surface area (Å²) in [5, 5.41) is 3.29. The second kappa shape index (κ2) is 4.61. The molecule has 0 aliphatic carbocycles. The molecule has 0 aromatic carbocycles. The highest BCUT2D eigenvalue weighted by Gasteiger charge is 2.24. The molecule has 0 spiro atoms. The van der Waals surface area contributed by atoms with Gasteiger partial charge in [0.05, 0.1) is 6.04 Å². The Balaban J connectivity index is 2.58. The van der Waals surface area contributed by atoms with E-state index in [-0.39, 0.29) is 11.9 Å². The van der Waals surface area contributed by atoms with E-state index in [1.807, 2.05) is 11.8 Å². The van der Waals surface area contributed by atoms with Gasteiger partial charge in [-0.15, -0.1) is 0 Å². The fraction of sp³-hybridized carbons (Fsp3) is 0.900. The second-order valence-corrected chi connectivity index (χ2v) is 3.90. The Morgan fingerprint density at radius 3 is 2.85 bits per heavy atom. The van der Waals surface area contributed by atoms with Gasteiger partial charge in [0.1, 0.15) is 0 Å². The number of hydrogen-bond acceptors (Lipinski definition) is 2. The van der Waals surface area contributed by atoms with Crippen molar-refractivity contribution < 1.29 is 4.79 Å². The van der Waals surface area contributed by atoms with Gasteiger partial charge < -0.3 is 10.2 Å². The van der Waals surface area contributed by atoms with E-state index in [0.29, 0.717) is 6.04 Å². The summed E-state index contributed by atoms with van der Waals surface area (Å²) in [6, 6.07) is 0.449. The summed E-state index contributed by atoms with van der Waals surface area (Å²) >= 11 is 0. The molecule has 1 aliphatic rings. The zero-order chi connectivity index (χ0) is 9.84. The van der Waals surface area contributed by atoms with Crippen LogP contribution in [-0.4, -0.2) is 36.0 Å². The fourth-order valence-corrected chi connectivity index (χ4v) is 1.81. The van der Waals surface area contributed by atoms with E-state index in [2.05, 4.69) is 19.2 Å². The van der Waals surface area contributed by atoms with Crippen LogP contribution in [0.1, 0.15) is 33.6 Å². The van der Waals surface area contributed by atoms with E-state index >= 15 is 0 Å². The van der Waals surface area contributed by atoms with Crippen molar-refractivity contribution in [1.82, 2.24) is 10.2 Å². The standard InChI is InChI=1S/C10H20N2O/c1-4-6-12-7-5-8(2)11-9(3)10(12)13/h8-9,11H,4-7H2,1-3H3. The van der Waals surface area contributed by atoms with Gasteiger partial charge in [0.25, 0.3) is 0 Å². The van der Waals surface area contributed by atoms with E-state index in [1.54, 1.807) is 0 Å². The zero-order valence-corrected chi connectivity index (χ0v) is 8.84. The van der Waals surface area contributed by atoms with Crippen molar-refractivity contribution in [2.45, 2.75) is 45.7 Å². The van der Waals surface area contributed by atoms with Gasteiger partial charge in [0, 0.05) is 19.1 Å². The molecular weight excluding hydrogens is 164 g/mol. The maximum Gasteiger partial charge on any atom is 0.239 e. The monoisotopic (exact) mass is 184 g/mol. The first-order valence-electron chi connectivity index (χ1n) is 5.20. The average Bonchev–Trinajstić information content (AvgIpc) is 2.19. The lowest BCUT2D eigenvalue weighted by molar-refractivity contribution is -0.132. The van der Waals surface area contributed by atoms with Crippen molar-refractivity contribution in [3.8, 4) is 0 Å². The molecule has 0 aromatic rings. The van der Waals surface area contributed by atoms with Gasteiger partial charge in [-0.1, -0.05) is 6.92 Å². The van der Waals surface area contributed by atoms with Crippen molar-refractivity contribution >= 4 is 5.91 Å². The third kappa shape index (κ3) is 2.69. The van der Waals surface area contributed by atoms with Gasteiger partial charge in [-0.25, -0.2) is 0 Å². The van der Waals surface area contributed by atoms with Gasteiger partial charge in [0.15, 0.2) is 0 Å². The number of nitrogens with zero attached hydrogens (tertiary/aromatic N) is 1. The van der Waals surface area contributed by atoms with Crippen LogP contribution in [0, 0.1) is 0 Å². The molecule has 76 valence electrons. The van der Waals surface area contributed by atoms with Crippen molar-refractivity contribution in [2.75, 3.05) is 13.1 Å². The molecule has 1 aliphatic heterocycles. The first-order valence-corrected chi connectivity index (χ1v) is 5.20. The molecule has 0 aromatic heterocycles. The van der Waals surface area contributed by atoms with Crippen LogP contribution < -0.4 is 5.32 Å². The summed E-state index contributed by atoms with van der Waals surface area (Å²) in [4.78, 5) is 13.7. The normalized spacial score (nSPS) is 30.4. The van der Waals surface area contributed by atoms with Gasteiger partial charge >= 0.3 is 0 Å². The van der Waals surface area contributed by atoms with Gasteiger partial charge in [-0.2, -0.15) is 0 Å². The maximum atomic E-state index is 11.7. The Labute approximate surface area is 80.5 Å². The van der Waals surface area contributed by atoms with Gasteiger partial charge in [-0.3, -0.25) is 4.79 Å². The van der Waals surface area contributed by atoms with Crippen molar-refractivity contribution in [3.05, 3.63) is 0 Å². The maximum absolute atomic E-state index is 11.7. The number of carbonyl (C=O) groups is 1. The number of rotatable bonds is 2. The van der Waals surface area contributed by atoms with Crippen LogP contribution in [-0.2, 0) is 4.79 Å². The van der Waals surface area contributed by atoms with Crippen LogP contribution in [0.15, 0.2) is 0 Å². The molecule has 1 N–H and O–H groups in total. The van der Waals surface area contributed by atoms with Gasteiger partial charge in [0.2, 0.25) is 5.91 Å². The van der Waals surface area contributed by atoms with Crippen molar-refractivity contribution in [2.24, 2.45) is 0 Å². The van der Waals surface area contributed by atoms with Crippen LogP contribution in [0.3, 0.4) is 0 Å². The second-order valence-electron chi connectivity index (χ2n) is 3.90. The van der Waals surface area contributed by atoms with Gasteiger partial charge in [-0.05, 0) is 26.7 Å². The number of carbonyl (C=O) groups excluding carboxylic acids is 1. The molecule has 3 heteroatoms. The largest absolute Gasteiger partial charge is 0.341 e. The molecule has 2 unspecified atom stereocenters. The Kier molecular flexibility index (Phi) is 3.72. The summed E-state index contributed by atoms with van der Waals surface area (Å²) in [6.07, 6.45) is 2.11. The molecule has 1 heterocycles. The summed E-state index contributed by atoms with van der Waals surface area (Å²) in [6.45, 7) is 8.01.